The zero-order valence-electron chi connectivity index (χ0n) is 20.4. The van der Waals surface area contributed by atoms with Gasteiger partial charge in [0, 0.05) is 32.2 Å². The summed E-state index contributed by atoms with van der Waals surface area (Å²) in [6, 6.07) is 25.5. The number of benzene rings is 3. The van der Waals surface area contributed by atoms with Crippen molar-refractivity contribution in [3.05, 3.63) is 112 Å². The maximum Gasteiger partial charge on any atom is 0.221 e. The van der Waals surface area contributed by atoms with Crippen molar-refractivity contribution in [3.63, 3.8) is 0 Å². The molecule has 1 fully saturated rings. The second-order valence-corrected chi connectivity index (χ2v) is 8.99. The van der Waals surface area contributed by atoms with Crippen LogP contribution in [0, 0.1) is 0 Å². The van der Waals surface area contributed by atoms with Gasteiger partial charge in [-0.1, -0.05) is 90.5 Å². The fourth-order valence-corrected chi connectivity index (χ4v) is 4.92. The van der Waals surface area contributed by atoms with Crippen molar-refractivity contribution in [1.29, 1.82) is 0 Å². The van der Waals surface area contributed by atoms with Crippen LogP contribution in [0.2, 0.25) is 0 Å². The molecule has 0 atom stereocenters. The van der Waals surface area contributed by atoms with E-state index >= 15 is 0 Å². The van der Waals surface area contributed by atoms with E-state index in [1.165, 1.54) is 34.8 Å². The number of carbonyl (C=O) groups excluding carboxylic acids is 1. The van der Waals surface area contributed by atoms with Crippen molar-refractivity contribution in [1.82, 2.24) is 4.90 Å². The molecular weight excluding hydrogens is 487 g/mol. The molecular formula is C31H32Cl2N2O. The summed E-state index contributed by atoms with van der Waals surface area (Å²) in [7, 11) is 0. The van der Waals surface area contributed by atoms with Crippen LogP contribution in [0.15, 0.2) is 84.4 Å². The van der Waals surface area contributed by atoms with E-state index in [4.69, 9.17) is 0 Å². The molecule has 5 heteroatoms. The lowest BCUT2D eigenvalue weighted by Crippen LogP contribution is -2.31. The Morgan fingerprint density at radius 2 is 1.39 bits per heavy atom. The van der Waals surface area contributed by atoms with Gasteiger partial charge in [-0.15, -0.1) is 24.8 Å². The Morgan fingerprint density at radius 3 is 1.94 bits per heavy atom. The molecule has 1 N–H and O–H groups in total. The van der Waals surface area contributed by atoms with E-state index in [2.05, 4.69) is 83.1 Å². The molecule has 0 radical (unpaired) electrons. The third kappa shape index (κ3) is 6.36. The number of nitrogens with one attached hydrogen (secondary N) is 1. The summed E-state index contributed by atoms with van der Waals surface area (Å²) in [5.41, 5.74) is 10.3. The van der Waals surface area contributed by atoms with E-state index in [1.807, 2.05) is 24.3 Å². The van der Waals surface area contributed by atoms with Crippen molar-refractivity contribution in [2.24, 2.45) is 0 Å². The van der Waals surface area contributed by atoms with Gasteiger partial charge < -0.3 is 5.32 Å². The first-order valence-electron chi connectivity index (χ1n) is 12.0. The smallest absolute Gasteiger partial charge is 0.221 e. The Bertz CT molecular complexity index is 1230. The molecule has 0 bridgehead atoms. The SMILES string of the molecule is CC(=O)Nc1ccc(C=CCN2CCC(=C3c4ccccc4C=Cc4ccccc43)CC2)cc1.Cl.Cl. The van der Waals surface area contributed by atoms with E-state index < -0.39 is 0 Å². The zero-order valence-corrected chi connectivity index (χ0v) is 22.1. The predicted molar refractivity (Wildman–Crippen MR) is 158 cm³/mol. The van der Waals surface area contributed by atoms with E-state index in [-0.39, 0.29) is 30.7 Å². The molecule has 0 spiro atoms. The highest BCUT2D eigenvalue weighted by molar-refractivity contribution is 5.95. The number of amides is 1. The van der Waals surface area contributed by atoms with Crippen LogP contribution in [-0.2, 0) is 4.79 Å². The minimum atomic E-state index is -0.0465. The van der Waals surface area contributed by atoms with Crippen molar-refractivity contribution in [2.45, 2.75) is 19.8 Å². The highest BCUT2D eigenvalue weighted by atomic mass is 35.5. The number of likely N-dealkylation sites (tertiary alicyclic amines) is 1. The van der Waals surface area contributed by atoms with Gasteiger partial charge in [-0.05, 0) is 58.4 Å². The van der Waals surface area contributed by atoms with Crippen LogP contribution in [-0.4, -0.2) is 30.4 Å². The second-order valence-electron chi connectivity index (χ2n) is 8.99. The standard InChI is InChI=1S/C31H30N2O.2ClH/c1-23(34)32-28-16-12-24(13-17-28)7-6-20-33-21-18-27(19-22-33)31-29-10-4-2-8-25(29)14-15-26-9-3-5-11-30(26)31;;/h2-17H,18-22H2,1H3,(H,32,34);2*1H. The molecule has 0 aromatic heterocycles. The van der Waals surface area contributed by atoms with Crippen LogP contribution in [0.3, 0.4) is 0 Å². The number of halogens is 2. The topological polar surface area (TPSA) is 32.3 Å². The van der Waals surface area contributed by atoms with Gasteiger partial charge in [0.25, 0.3) is 0 Å². The van der Waals surface area contributed by atoms with E-state index in [0.717, 1.165) is 43.7 Å². The van der Waals surface area contributed by atoms with Gasteiger partial charge in [-0.25, -0.2) is 0 Å². The quantitative estimate of drug-likeness (QED) is 0.301. The Morgan fingerprint density at radius 1 is 0.833 bits per heavy atom. The highest BCUT2D eigenvalue weighted by Gasteiger charge is 2.22. The number of anilines is 1. The van der Waals surface area contributed by atoms with Crippen molar-refractivity contribution >= 4 is 60.2 Å². The van der Waals surface area contributed by atoms with Gasteiger partial charge >= 0.3 is 0 Å². The predicted octanol–water partition coefficient (Wildman–Crippen LogP) is 7.58. The molecule has 1 saturated heterocycles. The first kappa shape index (κ1) is 27.5. The van der Waals surface area contributed by atoms with Crippen molar-refractivity contribution in [2.75, 3.05) is 25.0 Å². The molecule has 5 rings (SSSR count). The summed E-state index contributed by atoms with van der Waals surface area (Å²) in [5.74, 6) is -0.0465. The van der Waals surface area contributed by atoms with Crippen LogP contribution >= 0.6 is 24.8 Å². The lowest BCUT2D eigenvalue weighted by atomic mass is 9.86. The van der Waals surface area contributed by atoms with Gasteiger partial charge in [0.1, 0.15) is 0 Å². The van der Waals surface area contributed by atoms with Crippen LogP contribution in [0.1, 0.15) is 47.6 Å². The molecule has 1 aliphatic heterocycles. The molecule has 1 aliphatic carbocycles. The fraction of sp³-hybridized carbons (Fsp3) is 0.194. The Kier molecular flexibility index (Phi) is 9.72. The van der Waals surface area contributed by atoms with E-state index in [1.54, 1.807) is 5.57 Å². The van der Waals surface area contributed by atoms with Crippen LogP contribution < -0.4 is 5.32 Å². The third-order valence-corrected chi connectivity index (χ3v) is 6.62. The Labute approximate surface area is 226 Å². The van der Waals surface area contributed by atoms with Gasteiger partial charge in [0.15, 0.2) is 0 Å². The lowest BCUT2D eigenvalue weighted by molar-refractivity contribution is -0.114. The summed E-state index contributed by atoms with van der Waals surface area (Å²) in [5, 5.41) is 2.81. The maximum atomic E-state index is 11.2. The summed E-state index contributed by atoms with van der Waals surface area (Å²) < 4.78 is 0. The highest BCUT2D eigenvalue weighted by Crippen LogP contribution is 2.38. The third-order valence-electron chi connectivity index (χ3n) is 6.62. The summed E-state index contributed by atoms with van der Waals surface area (Å²) in [4.78, 5) is 13.7. The largest absolute Gasteiger partial charge is 0.326 e. The number of fused-ring (bicyclic) bond motifs is 2. The number of hydrogen-bond donors (Lipinski definition) is 1. The first-order chi connectivity index (χ1) is 16.7. The molecule has 0 unspecified atom stereocenters. The van der Waals surface area contributed by atoms with Crippen LogP contribution in [0.4, 0.5) is 5.69 Å². The number of hydrogen-bond acceptors (Lipinski definition) is 2. The number of nitrogens with zero attached hydrogens (tertiary/aromatic N) is 1. The van der Waals surface area contributed by atoms with Crippen molar-refractivity contribution in [3.8, 4) is 0 Å². The average Bonchev–Trinajstić information content (AvgIpc) is 3.02. The van der Waals surface area contributed by atoms with Gasteiger partial charge in [-0.2, -0.15) is 0 Å². The zero-order chi connectivity index (χ0) is 23.3. The van der Waals surface area contributed by atoms with Gasteiger partial charge in [0.2, 0.25) is 5.91 Å². The lowest BCUT2D eigenvalue weighted by Gasteiger charge is -2.29. The molecule has 36 heavy (non-hydrogen) atoms. The van der Waals surface area contributed by atoms with E-state index in [0.29, 0.717) is 0 Å². The van der Waals surface area contributed by atoms with Gasteiger partial charge in [-0.3, -0.25) is 9.69 Å². The van der Waals surface area contributed by atoms with Crippen LogP contribution in [0.25, 0.3) is 23.8 Å². The normalized spacial score (nSPS) is 14.8. The number of piperidine rings is 1. The summed E-state index contributed by atoms with van der Waals surface area (Å²) >= 11 is 0. The average molecular weight is 520 g/mol. The molecule has 1 amide bonds. The molecule has 0 saturated carbocycles. The Balaban J connectivity index is 0.00000180. The fourth-order valence-electron chi connectivity index (χ4n) is 4.92. The van der Waals surface area contributed by atoms with Crippen molar-refractivity contribution < 1.29 is 4.79 Å². The monoisotopic (exact) mass is 518 g/mol. The second kappa shape index (κ2) is 12.7. The Hall–Kier alpha value is -3.11. The summed E-state index contributed by atoms with van der Waals surface area (Å²) in [6.07, 6.45) is 11.1. The molecule has 3 aromatic rings. The molecule has 2 aliphatic rings. The number of rotatable bonds is 4. The molecule has 186 valence electrons. The number of carbonyl (C=O) groups is 1. The molecule has 3 aromatic carbocycles. The maximum absolute atomic E-state index is 11.2. The van der Waals surface area contributed by atoms with E-state index in [9.17, 15) is 4.79 Å². The minimum Gasteiger partial charge on any atom is -0.326 e. The summed E-state index contributed by atoms with van der Waals surface area (Å²) in [6.45, 7) is 4.62. The first-order valence-corrected chi connectivity index (χ1v) is 12.0. The molecule has 1 heterocycles. The molecule has 3 nitrogen and oxygen atoms in total. The minimum absolute atomic E-state index is 0. The van der Waals surface area contributed by atoms with Crippen LogP contribution in [0.5, 0.6) is 0 Å². The van der Waals surface area contributed by atoms with Gasteiger partial charge in [0.05, 0.1) is 0 Å².